The van der Waals surface area contributed by atoms with E-state index in [1.165, 1.54) is 73.5 Å². The van der Waals surface area contributed by atoms with Crippen molar-refractivity contribution in [2.24, 2.45) is 11.8 Å². The first-order valence-corrected chi connectivity index (χ1v) is 10.7. The molecule has 7 nitrogen and oxygen atoms in total. The zero-order valence-electron chi connectivity index (χ0n) is 15.3. The quantitative estimate of drug-likeness (QED) is 0.426. The van der Waals surface area contributed by atoms with Gasteiger partial charge in [0, 0.05) is 19.0 Å². The molecule has 0 aromatic carbocycles. The molecule has 2 aliphatic rings. The monoisotopic (exact) mass is 401 g/mol. The van der Waals surface area contributed by atoms with Crippen LogP contribution in [-0.4, -0.2) is 61.2 Å². The first-order valence-electron chi connectivity index (χ1n) is 9.02. The highest BCUT2D eigenvalue weighted by molar-refractivity contribution is 7.99. The molecule has 3 atom stereocenters. The molecule has 9 heteroatoms. The van der Waals surface area contributed by atoms with Gasteiger partial charge in [-0.1, -0.05) is 20.3 Å². The fraction of sp³-hybridized carbons (Fsp3) is 0.765. The van der Waals surface area contributed by atoms with E-state index in [2.05, 4.69) is 27.5 Å². The molecule has 2 N–H and O–H groups in total. The van der Waals surface area contributed by atoms with Gasteiger partial charge in [-0.25, -0.2) is 9.59 Å². The van der Waals surface area contributed by atoms with Crippen LogP contribution in [0.1, 0.15) is 51.1 Å². The molecule has 0 aliphatic carbocycles. The number of carboxylic acid groups (broad SMARTS) is 2. The molecule has 0 amide bonds. The minimum Gasteiger partial charge on any atom is -0.473 e. The third kappa shape index (κ3) is 6.21. The molecule has 0 radical (unpaired) electrons. The van der Waals surface area contributed by atoms with Crippen LogP contribution in [0.3, 0.4) is 0 Å². The van der Waals surface area contributed by atoms with Crippen LogP contribution >= 0.6 is 23.5 Å². The molecule has 0 saturated carbocycles. The summed E-state index contributed by atoms with van der Waals surface area (Å²) in [5.74, 6) is -0.153. The van der Waals surface area contributed by atoms with Crippen molar-refractivity contribution in [3.63, 3.8) is 0 Å². The number of thioether (sulfide) groups is 1. The molecule has 2 bridgehead atoms. The third-order valence-electron chi connectivity index (χ3n) is 4.75. The molecule has 1 aromatic heterocycles. The Balaban J connectivity index is 0.000000352. The van der Waals surface area contributed by atoms with Gasteiger partial charge in [0.05, 0.1) is 17.4 Å². The summed E-state index contributed by atoms with van der Waals surface area (Å²) in [7, 11) is 0. The largest absolute Gasteiger partial charge is 0.473 e. The Bertz CT molecular complexity index is 597. The van der Waals surface area contributed by atoms with E-state index in [4.69, 9.17) is 19.8 Å². The van der Waals surface area contributed by atoms with Crippen LogP contribution in [0.4, 0.5) is 0 Å². The maximum atomic E-state index is 9.10. The van der Waals surface area contributed by atoms with Crippen molar-refractivity contribution in [2.75, 3.05) is 25.4 Å². The van der Waals surface area contributed by atoms with E-state index < -0.39 is 11.9 Å². The minimum absolute atomic E-state index is 0.656. The molecule has 146 valence electrons. The van der Waals surface area contributed by atoms with Gasteiger partial charge in [-0.3, -0.25) is 0 Å². The van der Waals surface area contributed by atoms with Crippen LogP contribution in [-0.2, 0) is 9.59 Å². The second kappa shape index (κ2) is 10.2. The summed E-state index contributed by atoms with van der Waals surface area (Å²) in [6.07, 6.45) is 5.37. The first-order chi connectivity index (χ1) is 12.4. The van der Waals surface area contributed by atoms with E-state index in [1.807, 2.05) is 11.8 Å². The second-order valence-electron chi connectivity index (χ2n) is 7.22. The lowest BCUT2D eigenvalue weighted by Gasteiger charge is -2.21. The summed E-state index contributed by atoms with van der Waals surface area (Å²) in [5, 5.41) is 16.0. The Labute approximate surface area is 162 Å². The molecular formula is C17H27N3O4S2. The van der Waals surface area contributed by atoms with E-state index in [0.717, 1.165) is 11.8 Å². The topological polar surface area (TPSA) is 104 Å². The van der Waals surface area contributed by atoms with E-state index in [1.54, 1.807) is 0 Å². The highest BCUT2D eigenvalue weighted by Gasteiger charge is 2.38. The van der Waals surface area contributed by atoms with E-state index in [9.17, 15) is 0 Å². The average Bonchev–Trinajstić information content (AvgIpc) is 3.15. The number of aliphatic carboxylic acids is 2. The standard InChI is InChI=1S/C15H25N3S2.C2H2O4/c1-11(2)5-4-8-19-15-14(16-20-17-15)13-10-18-7-3-6-12(13)9-18;3-1(4)2(5)6/h11-13H,3-10H2,1-2H3;(H,3,4)(H,5,6)/t12-,13-;/m1./s1. The van der Waals surface area contributed by atoms with Crippen molar-refractivity contribution in [1.82, 2.24) is 13.6 Å². The Morgan fingerprint density at radius 2 is 2.00 bits per heavy atom. The predicted octanol–water partition coefficient (Wildman–Crippen LogP) is 3.03. The van der Waals surface area contributed by atoms with E-state index >= 15 is 0 Å². The molecule has 2 aliphatic heterocycles. The average molecular weight is 402 g/mol. The zero-order chi connectivity index (χ0) is 19.1. The predicted molar refractivity (Wildman–Crippen MR) is 102 cm³/mol. The van der Waals surface area contributed by atoms with Crippen molar-refractivity contribution in [1.29, 1.82) is 0 Å². The molecule has 3 heterocycles. The molecule has 2 saturated heterocycles. The lowest BCUT2D eigenvalue weighted by Crippen LogP contribution is -2.25. The molecule has 26 heavy (non-hydrogen) atoms. The van der Waals surface area contributed by atoms with Gasteiger partial charge >= 0.3 is 11.9 Å². The van der Waals surface area contributed by atoms with Gasteiger partial charge in [0.15, 0.2) is 0 Å². The minimum atomic E-state index is -1.82. The van der Waals surface area contributed by atoms with Crippen molar-refractivity contribution in [3.8, 4) is 0 Å². The summed E-state index contributed by atoms with van der Waals surface area (Å²) in [5.41, 5.74) is 1.32. The molecule has 1 aromatic rings. The summed E-state index contributed by atoms with van der Waals surface area (Å²) < 4.78 is 9.22. The number of carbonyl (C=O) groups is 2. The number of rotatable bonds is 6. The maximum Gasteiger partial charge on any atom is 0.414 e. The van der Waals surface area contributed by atoms with Crippen molar-refractivity contribution < 1.29 is 19.8 Å². The highest BCUT2D eigenvalue weighted by Crippen LogP contribution is 2.41. The number of fused-ring (bicyclic) bond motifs is 2. The Hall–Kier alpha value is -1.19. The fourth-order valence-electron chi connectivity index (χ4n) is 3.50. The lowest BCUT2D eigenvalue weighted by molar-refractivity contribution is -0.159. The summed E-state index contributed by atoms with van der Waals surface area (Å²) >= 11 is 3.35. The van der Waals surface area contributed by atoms with Gasteiger partial charge in [-0.05, 0) is 43.4 Å². The van der Waals surface area contributed by atoms with Gasteiger partial charge < -0.3 is 15.1 Å². The van der Waals surface area contributed by atoms with Crippen LogP contribution in [0.25, 0.3) is 0 Å². The molecule has 2 fully saturated rings. The van der Waals surface area contributed by atoms with Gasteiger partial charge in [0.1, 0.15) is 5.03 Å². The lowest BCUT2D eigenvalue weighted by atomic mass is 9.89. The third-order valence-corrected chi connectivity index (χ3v) is 6.47. The number of carboxylic acids is 2. The number of hydrogen-bond acceptors (Lipinski definition) is 7. The van der Waals surface area contributed by atoms with Crippen LogP contribution in [0.5, 0.6) is 0 Å². The number of nitrogens with zero attached hydrogens (tertiary/aromatic N) is 3. The summed E-state index contributed by atoms with van der Waals surface area (Å²) in [6.45, 7) is 8.40. The van der Waals surface area contributed by atoms with Crippen molar-refractivity contribution in [3.05, 3.63) is 5.69 Å². The van der Waals surface area contributed by atoms with Crippen molar-refractivity contribution >= 4 is 35.4 Å². The van der Waals surface area contributed by atoms with Gasteiger partial charge in [-0.2, -0.15) is 8.75 Å². The summed E-state index contributed by atoms with van der Waals surface area (Å²) in [4.78, 5) is 20.8. The first kappa shape index (κ1) is 21.1. The normalized spacial score (nSPS) is 24.2. The fourth-order valence-corrected chi connectivity index (χ4v) is 5.23. The molecule has 0 spiro atoms. The van der Waals surface area contributed by atoms with Gasteiger partial charge in [-0.15, -0.1) is 11.8 Å². The van der Waals surface area contributed by atoms with Crippen LogP contribution < -0.4 is 0 Å². The number of aromatic nitrogens is 2. The number of hydrogen-bond donors (Lipinski definition) is 2. The zero-order valence-corrected chi connectivity index (χ0v) is 16.9. The van der Waals surface area contributed by atoms with Crippen LogP contribution in [0, 0.1) is 11.8 Å². The van der Waals surface area contributed by atoms with Gasteiger partial charge in [0.25, 0.3) is 0 Å². The maximum absolute atomic E-state index is 9.10. The van der Waals surface area contributed by atoms with Gasteiger partial charge in [0.2, 0.25) is 0 Å². The Morgan fingerprint density at radius 1 is 1.27 bits per heavy atom. The van der Waals surface area contributed by atoms with Crippen molar-refractivity contribution in [2.45, 2.75) is 50.5 Å². The van der Waals surface area contributed by atoms with Crippen LogP contribution in [0.2, 0.25) is 0 Å². The second-order valence-corrected chi connectivity index (χ2v) is 8.83. The highest BCUT2D eigenvalue weighted by atomic mass is 32.2. The Kier molecular flexibility index (Phi) is 8.30. The van der Waals surface area contributed by atoms with E-state index in [-0.39, 0.29) is 0 Å². The van der Waals surface area contributed by atoms with Crippen LogP contribution in [0.15, 0.2) is 5.03 Å². The van der Waals surface area contributed by atoms with E-state index in [0.29, 0.717) is 5.92 Å². The molecular weight excluding hydrogens is 374 g/mol. The summed E-state index contributed by atoms with van der Waals surface area (Å²) in [6, 6.07) is 0. The smallest absolute Gasteiger partial charge is 0.414 e. The Morgan fingerprint density at radius 3 is 2.62 bits per heavy atom. The number of piperidine rings is 1. The molecule has 1 unspecified atom stereocenters. The SMILES string of the molecule is CC(C)CCCSc1nsnc1[C@@H]1CN2CCC[C@@H]1C2.O=C(O)C(=O)O. The molecule has 3 rings (SSSR count).